The molecule has 1 heterocycles. The zero-order valence-corrected chi connectivity index (χ0v) is 10.5. The molecule has 17 heavy (non-hydrogen) atoms. The van der Waals surface area contributed by atoms with Gasteiger partial charge in [-0.05, 0) is 36.6 Å². The van der Waals surface area contributed by atoms with Crippen LogP contribution in [-0.4, -0.2) is 9.78 Å². The molecular formula is C15H20N2. The van der Waals surface area contributed by atoms with Gasteiger partial charge in [-0.1, -0.05) is 38.3 Å². The molecule has 0 fully saturated rings. The molecule has 1 aromatic heterocycles. The van der Waals surface area contributed by atoms with Gasteiger partial charge in [-0.15, -0.1) is 0 Å². The summed E-state index contributed by atoms with van der Waals surface area (Å²) in [6.45, 7) is 2.25. The van der Waals surface area contributed by atoms with Crippen LogP contribution in [-0.2, 0) is 6.42 Å². The number of rotatable bonds is 6. The zero-order valence-electron chi connectivity index (χ0n) is 10.5. The van der Waals surface area contributed by atoms with Crippen molar-refractivity contribution >= 4 is 0 Å². The molecule has 2 rings (SSSR count). The maximum absolute atomic E-state index is 4.22. The third-order valence-corrected chi connectivity index (χ3v) is 3.02. The fourth-order valence-corrected chi connectivity index (χ4v) is 1.99. The van der Waals surface area contributed by atoms with Gasteiger partial charge >= 0.3 is 0 Å². The summed E-state index contributed by atoms with van der Waals surface area (Å²) in [5, 5.41) is 4.22. The zero-order chi connectivity index (χ0) is 11.9. The fourth-order valence-electron chi connectivity index (χ4n) is 1.99. The summed E-state index contributed by atoms with van der Waals surface area (Å²) in [6, 6.07) is 10.6. The smallest absolute Gasteiger partial charge is 0.0645 e. The Morgan fingerprint density at radius 1 is 1.06 bits per heavy atom. The number of aromatic nitrogens is 2. The lowest BCUT2D eigenvalue weighted by Gasteiger charge is -2.04. The molecule has 0 aliphatic heterocycles. The van der Waals surface area contributed by atoms with Crippen LogP contribution < -0.4 is 0 Å². The third kappa shape index (κ3) is 3.45. The van der Waals surface area contributed by atoms with E-state index in [2.05, 4.69) is 36.3 Å². The molecule has 0 saturated carbocycles. The Balaban J connectivity index is 1.90. The molecular weight excluding hydrogens is 208 g/mol. The van der Waals surface area contributed by atoms with E-state index < -0.39 is 0 Å². The van der Waals surface area contributed by atoms with Crippen molar-refractivity contribution in [3.63, 3.8) is 0 Å². The first-order valence-corrected chi connectivity index (χ1v) is 6.49. The molecule has 0 atom stereocenters. The molecule has 0 bridgehead atoms. The normalized spacial score (nSPS) is 10.6. The molecule has 0 spiro atoms. The Hall–Kier alpha value is -1.57. The molecule has 90 valence electrons. The Labute approximate surface area is 103 Å². The summed E-state index contributed by atoms with van der Waals surface area (Å²) in [4.78, 5) is 0. The van der Waals surface area contributed by atoms with Gasteiger partial charge in [-0.2, -0.15) is 5.10 Å². The standard InChI is InChI=1S/C15H20N2/c1-2-3-4-5-7-14-8-10-15(11-9-14)17-13-6-12-16-17/h6,8-13H,2-5,7H2,1H3. The Bertz CT molecular complexity index is 415. The summed E-state index contributed by atoms with van der Waals surface area (Å²) in [7, 11) is 0. The van der Waals surface area contributed by atoms with Crippen LogP contribution in [0, 0.1) is 0 Å². The minimum atomic E-state index is 1.13. The second kappa shape index (κ2) is 6.24. The van der Waals surface area contributed by atoms with Crippen molar-refractivity contribution in [1.82, 2.24) is 9.78 Å². The predicted octanol–water partition coefficient (Wildman–Crippen LogP) is 4.00. The number of unbranched alkanes of at least 4 members (excludes halogenated alkanes) is 3. The van der Waals surface area contributed by atoms with E-state index in [1.807, 2.05) is 16.9 Å². The highest BCUT2D eigenvalue weighted by molar-refractivity contribution is 5.33. The maximum atomic E-state index is 4.22. The van der Waals surface area contributed by atoms with Gasteiger partial charge in [0.1, 0.15) is 0 Å². The van der Waals surface area contributed by atoms with Crippen LogP contribution in [0.1, 0.15) is 38.2 Å². The van der Waals surface area contributed by atoms with Crippen molar-refractivity contribution in [3.8, 4) is 5.69 Å². The number of benzene rings is 1. The van der Waals surface area contributed by atoms with Crippen molar-refractivity contribution in [2.45, 2.75) is 39.0 Å². The van der Waals surface area contributed by atoms with Crippen LogP contribution in [0.4, 0.5) is 0 Å². The van der Waals surface area contributed by atoms with Gasteiger partial charge in [-0.3, -0.25) is 0 Å². The first kappa shape index (κ1) is 11.9. The molecule has 0 aliphatic carbocycles. The number of hydrogen-bond acceptors (Lipinski definition) is 1. The van der Waals surface area contributed by atoms with Gasteiger partial charge in [0.2, 0.25) is 0 Å². The minimum absolute atomic E-state index is 1.13. The van der Waals surface area contributed by atoms with Crippen molar-refractivity contribution < 1.29 is 0 Å². The summed E-state index contributed by atoms with van der Waals surface area (Å²) in [6.07, 6.45) is 10.3. The van der Waals surface area contributed by atoms with Gasteiger partial charge in [-0.25, -0.2) is 4.68 Å². The number of nitrogens with zero attached hydrogens (tertiary/aromatic N) is 2. The van der Waals surface area contributed by atoms with Crippen molar-refractivity contribution in [1.29, 1.82) is 0 Å². The van der Waals surface area contributed by atoms with Gasteiger partial charge in [0.15, 0.2) is 0 Å². The molecule has 2 aromatic rings. The maximum Gasteiger partial charge on any atom is 0.0645 e. The monoisotopic (exact) mass is 228 g/mol. The van der Waals surface area contributed by atoms with E-state index >= 15 is 0 Å². The van der Waals surface area contributed by atoms with E-state index in [0.29, 0.717) is 0 Å². The summed E-state index contributed by atoms with van der Waals surface area (Å²) in [5.74, 6) is 0. The lowest BCUT2D eigenvalue weighted by Crippen LogP contribution is -1.94. The largest absolute Gasteiger partial charge is 0.241 e. The van der Waals surface area contributed by atoms with E-state index in [0.717, 1.165) is 5.69 Å². The molecule has 0 unspecified atom stereocenters. The van der Waals surface area contributed by atoms with Crippen LogP contribution in [0.25, 0.3) is 5.69 Å². The Morgan fingerprint density at radius 3 is 2.53 bits per heavy atom. The molecule has 0 amide bonds. The van der Waals surface area contributed by atoms with Crippen molar-refractivity contribution in [3.05, 3.63) is 48.3 Å². The third-order valence-electron chi connectivity index (χ3n) is 3.02. The average Bonchev–Trinajstić information content (AvgIpc) is 2.89. The molecule has 2 heteroatoms. The SMILES string of the molecule is CCCCCCc1ccc(-n2cccn2)cc1. The molecule has 0 radical (unpaired) electrons. The summed E-state index contributed by atoms with van der Waals surface area (Å²) < 4.78 is 1.89. The number of hydrogen-bond donors (Lipinski definition) is 0. The molecule has 2 nitrogen and oxygen atoms in total. The molecule has 0 N–H and O–H groups in total. The van der Waals surface area contributed by atoms with Crippen LogP contribution in [0.3, 0.4) is 0 Å². The van der Waals surface area contributed by atoms with Crippen LogP contribution in [0.15, 0.2) is 42.7 Å². The van der Waals surface area contributed by atoms with E-state index in [1.165, 1.54) is 37.7 Å². The van der Waals surface area contributed by atoms with Gasteiger partial charge in [0.05, 0.1) is 5.69 Å². The Morgan fingerprint density at radius 2 is 1.88 bits per heavy atom. The quantitative estimate of drug-likeness (QED) is 0.683. The fraction of sp³-hybridized carbons (Fsp3) is 0.400. The van der Waals surface area contributed by atoms with E-state index in [-0.39, 0.29) is 0 Å². The summed E-state index contributed by atoms with van der Waals surface area (Å²) in [5.41, 5.74) is 2.56. The van der Waals surface area contributed by atoms with Crippen LogP contribution in [0.5, 0.6) is 0 Å². The van der Waals surface area contributed by atoms with Crippen LogP contribution in [0.2, 0.25) is 0 Å². The van der Waals surface area contributed by atoms with Gasteiger partial charge in [0.25, 0.3) is 0 Å². The number of aryl methyl sites for hydroxylation is 1. The average molecular weight is 228 g/mol. The van der Waals surface area contributed by atoms with Crippen molar-refractivity contribution in [2.24, 2.45) is 0 Å². The highest BCUT2D eigenvalue weighted by Gasteiger charge is 1.97. The highest BCUT2D eigenvalue weighted by atomic mass is 15.3. The second-order valence-electron chi connectivity index (χ2n) is 4.43. The van der Waals surface area contributed by atoms with E-state index in [9.17, 15) is 0 Å². The van der Waals surface area contributed by atoms with E-state index in [4.69, 9.17) is 0 Å². The predicted molar refractivity (Wildman–Crippen MR) is 71.4 cm³/mol. The lowest BCUT2D eigenvalue weighted by atomic mass is 10.1. The minimum Gasteiger partial charge on any atom is -0.241 e. The molecule has 0 saturated heterocycles. The summed E-state index contributed by atoms with van der Waals surface area (Å²) >= 11 is 0. The Kier molecular flexibility index (Phi) is 4.37. The molecule has 0 aliphatic rings. The first-order valence-electron chi connectivity index (χ1n) is 6.49. The molecule has 1 aromatic carbocycles. The first-order chi connectivity index (χ1) is 8.40. The topological polar surface area (TPSA) is 17.8 Å². The van der Waals surface area contributed by atoms with Crippen molar-refractivity contribution in [2.75, 3.05) is 0 Å². The lowest BCUT2D eigenvalue weighted by molar-refractivity contribution is 0.667. The van der Waals surface area contributed by atoms with E-state index in [1.54, 1.807) is 6.20 Å². The highest BCUT2D eigenvalue weighted by Crippen LogP contribution is 2.11. The van der Waals surface area contributed by atoms with Gasteiger partial charge < -0.3 is 0 Å². The second-order valence-corrected chi connectivity index (χ2v) is 4.43. The van der Waals surface area contributed by atoms with Crippen LogP contribution >= 0.6 is 0 Å². The van der Waals surface area contributed by atoms with Gasteiger partial charge in [0, 0.05) is 12.4 Å².